The lowest BCUT2D eigenvalue weighted by Gasteiger charge is -2.31. The van der Waals surface area contributed by atoms with Crippen molar-refractivity contribution in [3.8, 4) is 23.0 Å². The van der Waals surface area contributed by atoms with Crippen LogP contribution in [0.25, 0.3) is 32.9 Å². The maximum absolute atomic E-state index is 17.1. The molecule has 3 fully saturated rings. The molecule has 2 N–H and O–H groups in total. The standard InChI is InChI=1S/C38H40F3N7O3/c1-3-25-28(40)9-8-21-13-24(49)15-26(31(21)25)33-32(41)34-27(17-43-33)35(46-37(45-34)51-20-38-10-6-12-48(38)19-23(39)16-38)47-11-5-4-7-29-22(18-47)14-30(44-29)36(50)42-2/h8-9,13-15,17,23,29,49H,3-7,10-12,16,18-20H2,1-2H3,(H,42,50)/t23-,29?,38+/m1/s1. The number of hydrogen-bond acceptors (Lipinski definition) is 9. The van der Waals surface area contributed by atoms with Gasteiger partial charge >= 0.3 is 6.01 Å². The van der Waals surface area contributed by atoms with E-state index in [0.717, 1.165) is 44.2 Å². The number of ether oxygens (including phenoxy) is 1. The molecular weight excluding hydrogens is 659 g/mol. The molecule has 0 bridgehead atoms. The van der Waals surface area contributed by atoms with Gasteiger partial charge in [0.1, 0.15) is 47.1 Å². The van der Waals surface area contributed by atoms with Crippen molar-refractivity contribution in [3.05, 3.63) is 59.3 Å². The van der Waals surface area contributed by atoms with Crippen LogP contribution in [0.3, 0.4) is 0 Å². The van der Waals surface area contributed by atoms with Crippen LogP contribution in [0.5, 0.6) is 11.8 Å². The number of aromatic hydroxyl groups is 1. The highest BCUT2D eigenvalue weighted by Crippen LogP contribution is 2.42. The number of anilines is 1. The van der Waals surface area contributed by atoms with Gasteiger partial charge in [-0.3, -0.25) is 19.7 Å². The molecule has 1 unspecified atom stereocenters. The fourth-order valence-electron chi connectivity index (χ4n) is 8.53. The third-order valence-corrected chi connectivity index (χ3v) is 11.0. The Hall–Kier alpha value is -4.78. The van der Waals surface area contributed by atoms with Crippen molar-refractivity contribution < 1.29 is 27.8 Å². The number of pyridine rings is 1. The van der Waals surface area contributed by atoms with Gasteiger partial charge in [-0.25, -0.2) is 13.2 Å². The number of carbonyl (C=O) groups excluding carboxylic acids is 1. The number of fused-ring (bicyclic) bond motifs is 4. The Balaban J connectivity index is 1.26. The van der Waals surface area contributed by atoms with Crippen molar-refractivity contribution in [1.82, 2.24) is 25.2 Å². The molecule has 8 rings (SSSR count). The fourth-order valence-corrected chi connectivity index (χ4v) is 8.53. The summed E-state index contributed by atoms with van der Waals surface area (Å²) >= 11 is 0. The lowest BCUT2D eigenvalue weighted by atomic mass is 9.94. The second-order valence-corrected chi connectivity index (χ2v) is 14.1. The first kappa shape index (κ1) is 33.4. The van der Waals surface area contributed by atoms with Gasteiger partial charge in [0.2, 0.25) is 0 Å². The van der Waals surface area contributed by atoms with E-state index in [4.69, 9.17) is 9.72 Å². The highest BCUT2D eigenvalue weighted by molar-refractivity contribution is 6.44. The van der Waals surface area contributed by atoms with Gasteiger partial charge in [0.05, 0.1) is 17.0 Å². The average Bonchev–Trinajstić information content (AvgIpc) is 3.78. The summed E-state index contributed by atoms with van der Waals surface area (Å²) in [6.07, 6.45) is 7.28. The fraction of sp³-hybridized carbons (Fsp3) is 0.447. The van der Waals surface area contributed by atoms with Crippen LogP contribution in [-0.4, -0.2) is 94.2 Å². The number of hydrogen-bond donors (Lipinski definition) is 2. The normalized spacial score (nSPS) is 23.5. The maximum atomic E-state index is 17.1. The number of alkyl halides is 1. The summed E-state index contributed by atoms with van der Waals surface area (Å²) in [5.74, 6) is -1.14. The van der Waals surface area contributed by atoms with E-state index in [1.807, 2.05) is 17.9 Å². The van der Waals surface area contributed by atoms with Crippen molar-refractivity contribution in [2.24, 2.45) is 4.99 Å². The van der Waals surface area contributed by atoms with Gasteiger partial charge in [-0.05, 0) is 91.3 Å². The number of nitrogens with zero attached hydrogens (tertiary/aromatic N) is 6. The van der Waals surface area contributed by atoms with Crippen LogP contribution in [0.1, 0.15) is 51.0 Å². The summed E-state index contributed by atoms with van der Waals surface area (Å²) in [6, 6.07) is 5.62. The number of rotatable bonds is 7. The number of amides is 1. The minimum atomic E-state index is -0.946. The third kappa shape index (κ3) is 5.84. The van der Waals surface area contributed by atoms with Crippen LogP contribution in [0.15, 0.2) is 47.1 Å². The first-order chi connectivity index (χ1) is 24.7. The highest BCUT2D eigenvalue weighted by atomic mass is 19.1. The van der Waals surface area contributed by atoms with E-state index < -0.39 is 23.3 Å². The summed E-state index contributed by atoms with van der Waals surface area (Å²) in [7, 11) is 1.57. The molecule has 6 heterocycles. The second-order valence-electron chi connectivity index (χ2n) is 14.1. The minimum absolute atomic E-state index is 0.0391. The molecule has 266 valence electrons. The van der Waals surface area contributed by atoms with Crippen LogP contribution in [-0.2, 0) is 11.2 Å². The molecule has 0 saturated carbocycles. The Bertz CT molecular complexity index is 2120. The van der Waals surface area contributed by atoms with Crippen molar-refractivity contribution in [3.63, 3.8) is 0 Å². The molecular formula is C38H40F3N7O3. The predicted octanol–water partition coefficient (Wildman–Crippen LogP) is 5.83. The summed E-state index contributed by atoms with van der Waals surface area (Å²) in [5.41, 5.74) is 1.35. The molecule has 2 aromatic heterocycles. The quantitative estimate of drug-likeness (QED) is 0.248. The number of benzene rings is 2. The zero-order valence-corrected chi connectivity index (χ0v) is 28.7. The Morgan fingerprint density at radius 3 is 2.84 bits per heavy atom. The zero-order chi connectivity index (χ0) is 35.4. The third-order valence-electron chi connectivity index (χ3n) is 11.0. The van der Waals surface area contributed by atoms with E-state index in [0.29, 0.717) is 65.7 Å². The first-order valence-electron chi connectivity index (χ1n) is 17.8. The lowest BCUT2D eigenvalue weighted by molar-refractivity contribution is -0.114. The molecule has 51 heavy (non-hydrogen) atoms. The molecule has 4 aromatic rings. The smallest absolute Gasteiger partial charge is 0.319 e. The van der Waals surface area contributed by atoms with Gasteiger partial charge in [0, 0.05) is 44.9 Å². The minimum Gasteiger partial charge on any atom is -0.508 e. The number of phenolic OH excluding ortho intramolecular Hbond substituents is 1. The average molecular weight is 700 g/mol. The predicted molar refractivity (Wildman–Crippen MR) is 189 cm³/mol. The molecule has 4 aliphatic heterocycles. The summed E-state index contributed by atoms with van der Waals surface area (Å²) < 4.78 is 53.1. The van der Waals surface area contributed by atoms with Gasteiger partial charge in [-0.2, -0.15) is 9.97 Å². The van der Waals surface area contributed by atoms with E-state index >= 15 is 8.78 Å². The molecule has 3 atom stereocenters. The zero-order valence-electron chi connectivity index (χ0n) is 28.7. The molecule has 0 aliphatic carbocycles. The van der Waals surface area contributed by atoms with Crippen molar-refractivity contribution >= 4 is 39.1 Å². The largest absolute Gasteiger partial charge is 0.508 e. The van der Waals surface area contributed by atoms with E-state index in [9.17, 15) is 14.3 Å². The van der Waals surface area contributed by atoms with Crippen molar-refractivity contribution in [1.29, 1.82) is 0 Å². The van der Waals surface area contributed by atoms with Gasteiger partial charge in [-0.1, -0.05) is 13.0 Å². The van der Waals surface area contributed by atoms with E-state index in [-0.39, 0.29) is 47.1 Å². The Morgan fingerprint density at radius 1 is 1.16 bits per heavy atom. The van der Waals surface area contributed by atoms with E-state index in [1.54, 1.807) is 13.1 Å². The molecule has 0 spiro atoms. The monoisotopic (exact) mass is 699 g/mol. The second kappa shape index (κ2) is 13.1. The van der Waals surface area contributed by atoms with E-state index in [1.165, 1.54) is 24.4 Å². The van der Waals surface area contributed by atoms with Crippen LogP contribution in [0, 0.1) is 11.6 Å². The summed E-state index contributed by atoms with van der Waals surface area (Å²) in [5, 5.41) is 14.7. The van der Waals surface area contributed by atoms with Gasteiger partial charge in [-0.15, -0.1) is 0 Å². The number of aryl methyl sites for hydroxylation is 1. The van der Waals surface area contributed by atoms with E-state index in [2.05, 4.69) is 25.2 Å². The van der Waals surface area contributed by atoms with Crippen LogP contribution < -0.4 is 15.0 Å². The van der Waals surface area contributed by atoms with Crippen molar-refractivity contribution in [2.75, 3.05) is 44.7 Å². The maximum Gasteiger partial charge on any atom is 0.319 e. The molecule has 13 heteroatoms. The van der Waals surface area contributed by atoms with Gasteiger partial charge in [0.25, 0.3) is 5.91 Å². The molecule has 2 aromatic carbocycles. The Labute approximate surface area is 293 Å². The Kier molecular flexibility index (Phi) is 8.56. The molecule has 3 saturated heterocycles. The number of carbonyl (C=O) groups is 1. The first-order valence-corrected chi connectivity index (χ1v) is 17.8. The highest BCUT2D eigenvalue weighted by Gasteiger charge is 2.49. The van der Waals surface area contributed by atoms with Crippen LogP contribution in [0.2, 0.25) is 0 Å². The molecule has 10 nitrogen and oxygen atoms in total. The number of aliphatic imine (C=N–C) groups is 1. The number of phenols is 1. The number of nitrogens with one attached hydrogen (secondary N) is 1. The van der Waals surface area contributed by atoms with Gasteiger partial charge < -0.3 is 20.1 Å². The number of aromatic nitrogens is 3. The summed E-state index contributed by atoms with van der Waals surface area (Å²) in [6.45, 7) is 4.11. The Morgan fingerprint density at radius 2 is 2.02 bits per heavy atom. The van der Waals surface area contributed by atoms with Crippen LogP contribution >= 0.6 is 0 Å². The summed E-state index contributed by atoms with van der Waals surface area (Å²) in [4.78, 5) is 35.4. The molecule has 4 aliphatic rings. The SMILES string of the molecule is CCc1c(F)ccc2cc(O)cc(-c3ncc4c(N5CCCCC6N=C(C(=O)NC)C=C6C5)nc(OC[C@@]56CCCN5C[C@H](F)C6)nc4c3F)c12. The lowest BCUT2D eigenvalue weighted by Crippen LogP contribution is -2.43. The topological polar surface area (TPSA) is 116 Å². The molecule has 1 amide bonds. The molecule has 0 radical (unpaired) electrons. The van der Waals surface area contributed by atoms with Gasteiger partial charge in [0.15, 0.2) is 5.82 Å². The number of halogens is 3. The van der Waals surface area contributed by atoms with Crippen molar-refractivity contribution in [2.45, 2.75) is 69.6 Å². The van der Waals surface area contributed by atoms with Crippen LogP contribution in [0.4, 0.5) is 19.0 Å².